The molecule has 60 valence electrons. The Morgan fingerprint density at radius 2 is 2.18 bits per heavy atom. The average molecular weight is 237 g/mol. The minimum Gasteiger partial charge on any atom is -0.243 e. The monoisotopic (exact) mass is 236 g/mol. The van der Waals surface area contributed by atoms with E-state index in [-0.39, 0.29) is 0 Å². The fourth-order valence-corrected chi connectivity index (χ4v) is 1.20. The molecule has 1 unspecified atom stereocenters. The first kappa shape index (κ1) is 9.01. The van der Waals surface area contributed by atoms with Crippen LogP contribution in [0.4, 0.5) is 4.39 Å². The third-order valence-electron chi connectivity index (χ3n) is 1.40. The third-order valence-corrected chi connectivity index (χ3v) is 2.64. The Bertz CT molecular complexity index is 260. The van der Waals surface area contributed by atoms with Crippen LogP contribution in [0.15, 0.2) is 22.7 Å². The maximum absolute atomic E-state index is 12.7. The molecule has 0 fully saturated rings. The predicted octanol–water partition coefficient (Wildman–Crippen LogP) is 4.13. The highest BCUT2D eigenvalue weighted by Gasteiger charge is 2.04. The SMILES string of the molecule is CC(F)c1ccc(Br)c(Cl)c1. The molecule has 1 aromatic carbocycles. The lowest BCUT2D eigenvalue weighted by atomic mass is 10.1. The molecular formula is C8H7BrClF. The zero-order chi connectivity index (χ0) is 8.43. The van der Waals surface area contributed by atoms with Gasteiger partial charge in [-0.3, -0.25) is 0 Å². The molecular weight excluding hydrogens is 230 g/mol. The highest BCUT2D eigenvalue weighted by Crippen LogP contribution is 2.26. The first-order chi connectivity index (χ1) is 5.11. The van der Waals surface area contributed by atoms with Crippen molar-refractivity contribution >= 4 is 27.5 Å². The molecule has 0 nitrogen and oxygen atoms in total. The van der Waals surface area contributed by atoms with E-state index < -0.39 is 6.17 Å². The highest BCUT2D eigenvalue weighted by atomic mass is 79.9. The van der Waals surface area contributed by atoms with Crippen molar-refractivity contribution in [2.75, 3.05) is 0 Å². The van der Waals surface area contributed by atoms with Crippen LogP contribution in [0.1, 0.15) is 18.7 Å². The average Bonchev–Trinajstić information content (AvgIpc) is 1.94. The van der Waals surface area contributed by atoms with Crippen molar-refractivity contribution in [3.05, 3.63) is 33.3 Å². The molecule has 3 heteroatoms. The third kappa shape index (κ3) is 2.17. The lowest BCUT2D eigenvalue weighted by Gasteiger charge is -2.02. The van der Waals surface area contributed by atoms with Crippen molar-refractivity contribution in [2.45, 2.75) is 13.1 Å². The summed E-state index contributed by atoms with van der Waals surface area (Å²) in [5, 5.41) is 0.548. The number of hydrogen-bond donors (Lipinski definition) is 0. The maximum Gasteiger partial charge on any atom is 0.122 e. The van der Waals surface area contributed by atoms with Gasteiger partial charge in [-0.15, -0.1) is 0 Å². The molecule has 0 aliphatic heterocycles. The molecule has 0 bridgehead atoms. The fourth-order valence-electron chi connectivity index (χ4n) is 0.760. The molecule has 0 saturated heterocycles. The summed E-state index contributed by atoms with van der Waals surface area (Å²) in [5.41, 5.74) is 0.609. The molecule has 0 spiro atoms. The quantitative estimate of drug-likeness (QED) is 0.689. The van der Waals surface area contributed by atoms with E-state index in [1.165, 1.54) is 6.92 Å². The van der Waals surface area contributed by atoms with Gasteiger partial charge in [-0.1, -0.05) is 17.7 Å². The second-order valence-corrected chi connectivity index (χ2v) is 3.55. The smallest absolute Gasteiger partial charge is 0.122 e. The van der Waals surface area contributed by atoms with Crippen LogP contribution in [0.5, 0.6) is 0 Å². The van der Waals surface area contributed by atoms with Gasteiger partial charge in [0, 0.05) is 4.47 Å². The van der Waals surface area contributed by atoms with E-state index in [2.05, 4.69) is 15.9 Å². The second-order valence-electron chi connectivity index (χ2n) is 2.29. The van der Waals surface area contributed by atoms with Gasteiger partial charge in [-0.05, 0) is 40.5 Å². The number of halogens is 3. The Balaban J connectivity index is 3.05. The first-order valence-electron chi connectivity index (χ1n) is 3.20. The van der Waals surface area contributed by atoms with Crippen LogP contribution in [-0.4, -0.2) is 0 Å². The summed E-state index contributed by atoms with van der Waals surface area (Å²) in [7, 11) is 0. The minimum absolute atomic E-state index is 0.548. The van der Waals surface area contributed by atoms with Gasteiger partial charge in [0.05, 0.1) is 5.02 Å². The molecule has 0 heterocycles. The summed E-state index contributed by atoms with van der Waals surface area (Å²) in [6.07, 6.45) is -0.958. The zero-order valence-corrected chi connectivity index (χ0v) is 8.29. The Morgan fingerprint density at radius 1 is 1.55 bits per heavy atom. The van der Waals surface area contributed by atoms with E-state index in [1.807, 2.05) is 0 Å². The van der Waals surface area contributed by atoms with E-state index >= 15 is 0 Å². The number of benzene rings is 1. The standard InChI is InChI=1S/C8H7BrClF/c1-5(11)6-2-3-7(9)8(10)4-6/h2-5H,1H3. The Morgan fingerprint density at radius 3 is 2.64 bits per heavy atom. The van der Waals surface area contributed by atoms with Gasteiger partial charge in [0.2, 0.25) is 0 Å². The molecule has 0 aromatic heterocycles. The zero-order valence-electron chi connectivity index (χ0n) is 5.94. The molecule has 1 aromatic rings. The molecule has 11 heavy (non-hydrogen) atoms. The molecule has 0 aliphatic rings. The Hall–Kier alpha value is -0.0800. The normalized spacial score (nSPS) is 13.1. The summed E-state index contributed by atoms with van der Waals surface area (Å²) in [6, 6.07) is 5.07. The molecule has 0 saturated carbocycles. The number of alkyl halides is 1. The van der Waals surface area contributed by atoms with Gasteiger partial charge in [-0.2, -0.15) is 0 Å². The van der Waals surface area contributed by atoms with E-state index in [1.54, 1.807) is 18.2 Å². The summed E-state index contributed by atoms with van der Waals surface area (Å²) in [4.78, 5) is 0. The van der Waals surface area contributed by atoms with Gasteiger partial charge in [-0.25, -0.2) is 4.39 Å². The summed E-state index contributed by atoms with van der Waals surface area (Å²) in [6.45, 7) is 1.49. The van der Waals surface area contributed by atoms with Gasteiger partial charge < -0.3 is 0 Å². The van der Waals surface area contributed by atoms with Crippen LogP contribution >= 0.6 is 27.5 Å². The van der Waals surface area contributed by atoms with E-state index in [0.717, 1.165) is 4.47 Å². The molecule has 0 N–H and O–H groups in total. The largest absolute Gasteiger partial charge is 0.243 e. The maximum atomic E-state index is 12.7. The van der Waals surface area contributed by atoms with E-state index in [4.69, 9.17) is 11.6 Å². The second kappa shape index (κ2) is 3.55. The van der Waals surface area contributed by atoms with Crippen molar-refractivity contribution in [1.29, 1.82) is 0 Å². The summed E-state index contributed by atoms with van der Waals surface area (Å²) < 4.78 is 13.5. The lowest BCUT2D eigenvalue weighted by molar-refractivity contribution is 0.374. The van der Waals surface area contributed by atoms with Crippen molar-refractivity contribution in [2.24, 2.45) is 0 Å². The molecule has 0 aliphatic carbocycles. The fraction of sp³-hybridized carbons (Fsp3) is 0.250. The molecule has 0 radical (unpaired) electrons. The van der Waals surface area contributed by atoms with Gasteiger partial charge >= 0.3 is 0 Å². The minimum atomic E-state index is -0.958. The van der Waals surface area contributed by atoms with E-state index in [0.29, 0.717) is 10.6 Å². The summed E-state index contributed by atoms with van der Waals surface area (Å²) in [5.74, 6) is 0. The predicted molar refractivity (Wildman–Crippen MR) is 48.7 cm³/mol. The lowest BCUT2D eigenvalue weighted by Crippen LogP contribution is -1.84. The molecule has 0 amide bonds. The van der Waals surface area contributed by atoms with Crippen LogP contribution < -0.4 is 0 Å². The first-order valence-corrected chi connectivity index (χ1v) is 4.37. The highest BCUT2D eigenvalue weighted by molar-refractivity contribution is 9.10. The topological polar surface area (TPSA) is 0 Å². The van der Waals surface area contributed by atoms with Crippen molar-refractivity contribution in [1.82, 2.24) is 0 Å². The number of rotatable bonds is 1. The van der Waals surface area contributed by atoms with Crippen molar-refractivity contribution in [3.8, 4) is 0 Å². The molecule has 1 rings (SSSR count). The van der Waals surface area contributed by atoms with Crippen LogP contribution in [0.3, 0.4) is 0 Å². The van der Waals surface area contributed by atoms with Gasteiger partial charge in [0.15, 0.2) is 0 Å². The summed E-state index contributed by atoms with van der Waals surface area (Å²) >= 11 is 8.97. The van der Waals surface area contributed by atoms with E-state index in [9.17, 15) is 4.39 Å². The van der Waals surface area contributed by atoms with Crippen LogP contribution in [-0.2, 0) is 0 Å². The van der Waals surface area contributed by atoms with Gasteiger partial charge in [0.1, 0.15) is 6.17 Å². The van der Waals surface area contributed by atoms with Crippen molar-refractivity contribution in [3.63, 3.8) is 0 Å². The van der Waals surface area contributed by atoms with Crippen LogP contribution in [0.2, 0.25) is 5.02 Å². The molecule has 1 atom stereocenters. The Labute approximate surface area is 78.5 Å². The van der Waals surface area contributed by atoms with Crippen LogP contribution in [0.25, 0.3) is 0 Å². The Kier molecular flexibility index (Phi) is 2.90. The van der Waals surface area contributed by atoms with Gasteiger partial charge in [0.25, 0.3) is 0 Å². The van der Waals surface area contributed by atoms with Crippen molar-refractivity contribution < 1.29 is 4.39 Å². The number of hydrogen-bond acceptors (Lipinski definition) is 0. The van der Waals surface area contributed by atoms with Crippen LogP contribution in [0, 0.1) is 0 Å².